The zero-order valence-electron chi connectivity index (χ0n) is 14.4. The first kappa shape index (κ1) is 16.1. The number of benzene rings is 1. The van der Waals surface area contributed by atoms with E-state index in [1.165, 1.54) is 9.71 Å². The minimum Gasteiger partial charge on any atom is -0.447 e. The molecule has 0 radical (unpaired) electrons. The molecule has 7 heteroatoms. The lowest BCUT2D eigenvalue weighted by Gasteiger charge is -2.44. The average Bonchev–Trinajstić information content (AvgIpc) is 3.23. The Bertz CT molecular complexity index is 833. The molecule has 0 atom stereocenters. The van der Waals surface area contributed by atoms with Crippen LogP contribution in [0.25, 0.3) is 10.2 Å². The Morgan fingerprint density at radius 1 is 1.27 bits per heavy atom. The molecule has 1 N–H and O–H groups in total. The smallest absolute Gasteiger partial charge is 0.407 e. The van der Waals surface area contributed by atoms with Crippen molar-refractivity contribution in [2.75, 3.05) is 19.7 Å². The van der Waals surface area contributed by atoms with Crippen molar-refractivity contribution in [3.05, 3.63) is 29.3 Å². The second-order valence-electron chi connectivity index (χ2n) is 7.71. The molecule has 1 spiro atoms. The Labute approximate surface area is 155 Å². The van der Waals surface area contributed by atoms with Crippen molar-refractivity contribution in [2.45, 2.75) is 37.1 Å². The summed E-state index contributed by atoms with van der Waals surface area (Å²) < 4.78 is 6.23. The van der Waals surface area contributed by atoms with Gasteiger partial charge >= 0.3 is 6.09 Å². The third kappa shape index (κ3) is 2.65. The van der Waals surface area contributed by atoms with Crippen LogP contribution in [0.3, 0.4) is 0 Å². The molecule has 3 fully saturated rings. The maximum Gasteiger partial charge on any atom is 0.407 e. The van der Waals surface area contributed by atoms with E-state index in [0.29, 0.717) is 25.4 Å². The summed E-state index contributed by atoms with van der Waals surface area (Å²) in [4.78, 5) is 30.8. The fourth-order valence-corrected chi connectivity index (χ4v) is 5.58. The number of cyclic esters (lactones) is 1. The molecule has 5 rings (SSSR count). The highest BCUT2D eigenvalue weighted by Crippen LogP contribution is 2.42. The molecule has 2 aliphatic heterocycles. The number of alkyl carbamates (subject to hydrolysis) is 1. The van der Waals surface area contributed by atoms with Crippen molar-refractivity contribution in [2.24, 2.45) is 5.92 Å². The third-order valence-electron chi connectivity index (χ3n) is 5.94. The van der Waals surface area contributed by atoms with Gasteiger partial charge in [0, 0.05) is 24.9 Å². The number of likely N-dealkylation sites (tertiary alicyclic amines) is 1. The van der Waals surface area contributed by atoms with E-state index in [-0.39, 0.29) is 23.5 Å². The first-order chi connectivity index (χ1) is 12.6. The average molecular weight is 371 g/mol. The van der Waals surface area contributed by atoms with Crippen LogP contribution in [0.2, 0.25) is 0 Å². The van der Waals surface area contributed by atoms with Gasteiger partial charge in [-0.1, -0.05) is 12.1 Å². The lowest BCUT2D eigenvalue weighted by atomic mass is 9.68. The minimum atomic E-state index is -0.354. The Morgan fingerprint density at radius 2 is 2.04 bits per heavy atom. The molecule has 0 unspecified atom stereocenters. The Balaban J connectivity index is 1.18. The number of nitrogens with zero attached hydrogens (tertiary/aromatic N) is 2. The lowest BCUT2D eigenvalue weighted by molar-refractivity contribution is -0.142. The van der Waals surface area contributed by atoms with Gasteiger partial charge in [0.05, 0.1) is 20.8 Å². The van der Waals surface area contributed by atoms with Crippen molar-refractivity contribution >= 4 is 33.6 Å². The molecular formula is C19H21N3O3S. The monoisotopic (exact) mass is 371 g/mol. The van der Waals surface area contributed by atoms with E-state index >= 15 is 0 Å². The number of aromatic nitrogens is 1. The van der Waals surface area contributed by atoms with Gasteiger partial charge in [0.1, 0.15) is 6.61 Å². The molecule has 1 aliphatic carbocycles. The summed E-state index contributed by atoms with van der Waals surface area (Å²) in [6.07, 6.45) is 3.00. The van der Waals surface area contributed by atoms with E-state index in [0.717, 1.165) is 31.4 Å². The standard InChI is InChI=1S/C19H21N3O3S/c23-17(13-9-19(10-13)11-25-18(24)21-19)22-7-5-12(6-8-22)16-20-14-3-1-2-4-15(14)26-16/h1-4,12-13H,5-11H2,(H,21,24). The van der Waals surface area contributed by atoms with E-state index in [9.17, 15) is 9.59 Å². The molecule has 136 valence electrons. The molecule has 1 aromatic carbocycles. The summed E-state index contributed by atoms with van der Waals surface area (Å²) in [7, 11) is 0. The van der Waals surface area contributed by atoms with Crippen LogP contribution in [0.15, 0.2) is 24.3 Å². The normalized spacial score (nSPS) is 28.8. The van der Waals surface area contributed by atoms with Crippen molar-refractivity contribution in [1.82, 2.24) is 15.2 Å². The number of amides is 2. The molecule has 6 nitrogen and oxygen atoms in total. The molecular weight excluding hydrogens is 350 g/mol. The summed E-state index contributed by atoms with van der Waals surface area (Å²) >= 11 is 1.78. The summed E-state index contributed by atoms with van der Waals surface area (Å²) in [5.74, 6) is 0.710. The first-order valence-corrected chi connectivity index (χ1v) is 10.0. The van der Waals surface area contributed by atoms with Gasteiger partial charge in [-0.25, -0.2) is 9.78 Å². The van der Waals surface area contributed by atoms with E-state index in [2.05, 4.69) is 23.5 Å². The van der Waals surface area contributed by atoms with Gasteiger partial charge in [0.2, 0.25) is 5.91 Å². The van der Waals surface area contributed by atoms with Gasteiger partial charge in [-0.2, -0.15) is 0 Å². The summed E-state index contributed by atoms with van der Waals surface area (Å²) in [5, 5.41) is 4.06. The topological polar surface area (TPSA) is 71.5 Å². The molecule has 2 saturated heterocycles. The number of ether oxygens (including phenoxy) is 1. The zero-order valence-corrected chi connectivity index (χ0v) is 15.3. The quantitative estimate of drug-likeness (QED) is 0.881. The maximum atomic E-state index is 12.7. The number of rotatable bonds is 2. The highest BCUT2D eigenvalue weighted by Gasteiger charge is 2.53. The predicted octanol–water partition coefficient (Wildman–Crippen LogP) is 2.89. The van der Waals surface area contributed by atoms with Gasteiger partial charge in [0.25, 0.3) is 0 Å². The maximum absolute atomic E-state index is 12.7. The Kier molecular flexibility index (Phi) is 3.67. The van der Waals surface area contributed by atoms with Crippen LogP contribution >= 0.6 is 11.3 Å². The van der Waals surface area contributed by atoms with Crippen LogP contribution < -0.4 is 5.32 Å². The van der Waals surface area contributed by atoms with Crippen LogP contribution in [-0.2, 0) is 9.53 Å². The van der Waals surface area contributed by atoms with Gasteiger partial charge in [0.15, 0.2) is 0 Å². The first-order valence-electron chi connectivity index (χ1n) is 9.21. The van der Waals surface area contributed by atoms with Gasteiger partial charge in [-0.05, 0) is 37.8 Å². The number of carbonyl (C=O) groups excluding carboxylic acids is 2. The summed E-state index contributed by atoms with van der Waals surface area (Å²) in [6.45, 7) is 1.99. The van der Waals surface area contributed by atoms with E-state index < -0.39 is 0 Å². The lowest BCUT2D eigenvalue weighted by Crippen LogP contribution is -2.58. The number of piperidine rings is 1. The largest absolute Gasteiger partial charge is 0.447 e. The fraction of sp³-hybridized carbons (Fsp3) is 0.526. The summed E-state index contributed by atoms with van der Waals surface area (Å²) in [5.41, 5.74) is 0.795. The van der Waals surface area contributed by atoms with Gasteiger partial charge in [-0.3, -0.25) is 4.79 Å². The number of nitrogens with one attached hydrogen (secondary N) is 1. The second kappa shape index (κ2) is 5.94. The molecule has 2 amide bonds. The summed E-state index contributed by atoms with van der Waals surface area (Å²) in [6, 6.07) is 8.25. The molecule has 2 aromatic rings. The number of fused-ring (bicyclic) bond motifs is 1. The van der Waals surface area contributed by atoms with Crippen LogP contribution in [0.1, 0.15) is 36.6 Å². The van der Waals surface area contributed by atoms with Crippen LogP contribution in [0.4, 0.5) is 4.79 Å². The van der Waals surface area contributed by atoms with Crippen molar-refractivity contribution in [3.63, 3.8) is 0 Å². The molecule has 26 heavy (non-hydrogen) atoms. The number of para-hydroxylation sites is 1. The van der Waals surface area contributed by atoms with E-state index in [1.807, 2.05) is 11.0 Å². The predicted molar refractivity (Wildman–Crippen MR) is 98.1 cm³/mol. The molecule has 3 heterocycles. The highest BCUT2D eigenvalue weighted by atomic mass is 32.1. The fourth-order valence-electron chi connectivity index (χ4n) is 4.44. The third-order valence-corrected chi connectivity index (χ3v) is 7.14. The number of thiazole rings is 1. The molecule has 3 aliphatic rings. The van der Waals surface area contributed by atoms with Crippen LogP contribution in [0, 0.1) is 5.92 Å². The second-order valence-corrected chi connectivity index (χ2v) is 8.77. The van der Waals surface area contributed by atoms with Gasteiger partial charge in [-0.15, -0.1) is 11.3 Å². The number of hydrogen-bond acceptors (Lipinski definition) is 5. The molecule has 1 aromatic heterocycles. The van der Waals surface area contributed by atoms with Crippen molar-refractivity contribution in [3.8, 4) is 0 Å². The minimum absolute atomic E-state index is 0.0241. The molecule has 1 saturated carbocycles. The molecule has 0 bridgehead atoms. The van der Waals surface area contributed by atoms with Crippen molar-refractivity contribution in [1.29, 1.82) is 0 Å². The van der Waals surface area contributed by atoms with E-state index in [4.69, 9.17) is 9.72 Å². The van der Waals surface area contributed by atoms with Crippen molar-refractivity contribution < 1.29 is 14.3 Å². The Hall–Kier alpha value is -2.15. The Morgan fingerprint density at radius 3 is 2.73 bits per heavy atom. The van der Waals surface area contributed by atoms with Gasteiger partial charge < -0.3 is 15.0 Å². The van der Waals surface area contributed by atoms with Crippen LogP contribution in [-0.4, -0.2) is 47.1 Å². The highest BCUT2D eigenvalue weighted by molar-refractivity contribution is 7.18. The van der Waals surface area contributed by atoms with Crippen LogP contribution in [0.5, 0.6) is 0 Å². The number of hydrogen-bond donors (Lipinski definition) is 1. The number of carbonyl (C=O) groups is 2. The SMILES string of the molecule is O=C1NC2(CO1)CC(C(=O)N1CCC(c3nc4ccccc4s3)CC1)C2. The zero-order chi connectivity index (χ0) is 17.7. The van der Waals surface area contributed by atoms with E-state index in [1.54, 1.807) is 11.3 Å².